The number of rotatable bonds is 15. The van der Waals surface area contributed by atoms with Gasteiger partial charge >= 0.3 is 5.97 Å². The number of benzene rings is 2. The van der Waals surface area contributed by atoms with Crippen molar-refractivity contribution in [1.82, 2.24) is 14.9 Å². The molecule has 2 aromatic heterocycles. The van der Waals surface area contributed by atoms with Gasteiger partial charge in [0.2, 0.25) is 5.13 Å². The number of nitrogens with one attached hydrogen (secondary N) is 1. The molecule has 12 nitrogen and oxygen atoms in total. The van der Waals surface area contributed by atoms with E-state index in [1.165, 1.54) is 34.4 Å². The maximum atomic E-state index is 14.6. The number of anilines is 1. The predicted octanol–water partition coefficient (Wildman–Crippen LogP) is 5.20. The number of para-hydroxylation sites is 1. The van der Waals surface area contributed by atoms with E-state index in [4.69, 9.17) is 15.9 Å². The quantitative estimate of drug-likeness (QED) is 0.0485. The molecule has 258 valence electrons. The lowest BCUT2D eigenvalue weighted by atomic mass is 10.2. The number of halogens is 1. The monoisotopic (exact) mass is 724 g/mol. The van der Waals surface area contributed by atoms with Crippen LogP contribution in [0.4, 0.5) is 14.7 Å². The van der Waals surface area contributed by atoms with Crippen LogP contribution in [-0.2, 0) is 17.5 Å². The van der Waals surface area contributed by atoms with Gasteiger partial charge in [0, 0.05) is 22.7 Å². The van der Waals surface area contributed by atoms with E-state index in [0.29, 0.717) is 34.1 Å². The van der Waals surface area contributed by atoms with Crippen LogP contribution in [0.15, 0.2) is 59.1 Å². The van der Waals surface area contributed by atoms with Crippen molar-refractivity contribution in [3.63, 3.8) is 0 Å². The molecule has 2 aromatic carbocycles. The van der Waals surface area contributed by atoms with Gasteiger partial charge in [-0.25, -0.2) is 24.1 Å². The van der Waals surface area contributed by atoms with Crippen molar-refractivity contribution < 1.29 is 27.8 Å². The summed E-state index contributed by atoms with van der Waals surface area (Å²) in [5.74, 6) is 4.01. The number of hydrogen-bond donors (Lipinski definition) is 3. The van der Waals surface area contributed by atoms with Crippen LogP contribution in [0, 0.1) is 23.1 Å². The third-order valence-electron chi connectivity index (χ3n) is 6.72. The van der Waals surface area contributed by atoms with Crippen molar-refractivity contribution in [2.75, 3.05) is 44.4 Å². The van der Waals surface area contributed by atoms with Gasteiger partial charge in [0.25, 0.3) is 0 Å². The van der Waals surface area contributed by atoms with E-state index in [2.05, 4.69) is 26.8 Å². The summed E-state index contributed by atoms with van der Waals surface area (Å²) in [7, 11) is 3.78. The molecular formula is C33H35FN7O5S3-. The number of nitrogens with two attached hydrogens (primary N) is 1. The van der Waals surface area contributed by atoms with E-state index < -0.39 is 22.9 Å². The van der Waals surface area contributed by atoms with Crippen LogP contribution in [-0.4, -0.2) is 85.9 Å². The Balaban J connectivity index is 1.47. The molecule has 0 amide bonds. The summed E-state index contributed by atoms with van der Waals surface area (Å²) in [6.07, 6.45) is 2.24. The van der Waals surface area contributed by atoms with Gasteiger partial charge in [-0.05, 0) is 82.3 Å². The number of carboxylic acids is 1. The highest BCUT2D eigenvalue weighted by Gasteiger charge is 2.23. The first-order valence-corrected chi connectivity index (χ1v) is 17.9. The maximum Gasteiger partial charge on any atom is 0.355 e. The largest absolute Gasteiger partial charge is 0.772 e. The minimum Gasteiger partial charge on any atom is -0.772 e. The fourth-order valence-corrected chi connectivity index (χ4v) is 6.66. The number of amidine groups is 2. The van der Waals surface area contributed by atoms with Crippen LogP contribution in [0.25, 0.3) is 10.2 Å². The predicted molar refractivity (Wildman–Crippen MR) is 193 cm³/mol. The van der Waals surface area contributed by atoms with E-state index >= 15 is 0 Å². The fourth-order valence-electron chi connectivity index (χ4n) is 4.32. The number of carbonyl (C=O) groups is 1. The normalized spacial score (nSPS) is 12.5. The Morgan fingerprint density at radius 3 is 2.69 bits per heavy atom. The van der Waals surface area contributed by atoms with Crippen molar-refractivity contribution in [3.8, 4) is 17.6 Å². The molecular weight excluding hydrogens is 690 g/mol. The summed E-state index contributed by atoms with van der Waals surface area (Å²) in [5.41, 5.74) is 7.83. The van der Waals surface area contributed by atoms with Crippen LogP contribution in [0.1, 0.15) is 40.7 Å². The highest BCUT2D eigenvalue weighted by atomic mass is 32.2. The molecule has 2 heterocycles. The van der Waals surface area contributed by atoms with E-state index in [1.54, 1.807) is 13.0 Å². The Morgan fingerprint density at radius 1 is 1.22 bits per heavy atom. The molecule has 0 saturated heterocycles. The topological polar surface area (TPSA) is 181 Å². The molecule has 0 aliphatic heterocycles. The number of fused-ring (bicyclic) bond motifs is 1. The molecule has 4 rings (SSSR count). The Bertz CT molecular complexity index is 1930. The van der Waals surface area contributed by atoms with Crippen molar-refractivity contribution >= 4 is 71.9 Å². The lowest BCUT2D eigenvalue weighted by Gasteiger charge is -2.21. The lowest BCUT2D eigenvalue weighted by molar-refractivity contribution is 0.0690. The Hall–Kier alpha value is -4.53. The van der Waals surface area contributed by atoms with E-state index in [9.17, 15) is 23.1 Å². The lowest BCUT2D eigenvalue weighted by Crippen LogP contribution is -2.31. The summed E-state index contributed by atoms with van der Waals surface area (Å²) >= 11 is 0.146. The molecule has 0 aliphatic rings. The molecule has 4 N–H and O–H groups in total. The van der Waals surface area contributed by atoms with Gasteiger partial charge < -0.3 is 25.0 Å². The van der Waals surface area contributed by atoms with Crippen molar-refractivity contribution in [3.05, 3.63) is 76.1 Å². The number of aromatic nitrogens is 2. The highest BCUT2D eigenvalue weighted by molar-refractivity contribution is 7.79. The van der Waals surface area contributed by atoms with Crippen LogP contribution >= 0.6 is 22.7 Å². The molecule has 1 unspecified atom stereocenters. The number of thiazole rings is 2. The molecule has 16 heteroatoms. The third-order valence-corrected chi connectivity index (χ3v) is 9.42. The van der Waals surface area contributed by atoms with Gasteiger partial charge in [-0.3, -0.25) is 14.5 Å². The number of carboxylic acid groups (broad SMARTS) is 1. The van der Waals surface area contributed by atoms with Gasteiger partial charge in [0.1, 0.15) is 11.7 Å². The second-order valence-electron chi connectivity index (χ2n) is 10.9. The first-order valence-electron chi connectivity index (χ1n) is 15.0. The van der Waals surface area contributed by atoms with E-state index in [0.717, 1.165) is 21.6 Å². The summed E-state index contributed by atoms with van der Waals surface area (Å²) in [6.45, 7) is 2.41. The second-order valence-corrected chi connectivity index (χ2v) is 14.0. The van der Waals surface area contributed by atoms with Crippen molar-refractivity contribution in [2.24, 2.45) is 10.7 Å². The van der Waals surface area contributed by atoms with Gasteiger partial charge in [-0.15, -0.1) is 11.3 Å². The number of aryl methyl sites for hydroxylation is 1. The maximum absolute atomic E-state index is 14.6. The fraction of sp³-hybridized carbons (Fsp3) is 0.303. The number of aliphatic imine (C=N–C) groups is 1. The zero-order chi connectivity index (χ0) is 35.5. The standard InChI is InChI=1S/C33H36FN7O5S3/c1-21(30(36)39-32-37-24-10-4-5-11-26(24)47-32)19-28(35)41(16-8-18-49(44)45)33-38-29(31(42)43)27(48-33)12-7-17-46-25-14-13-22(20-23(25)34)9-6-15-40(2)3/h4-5,10-11,13-14,19-20,35H,7-8,12,15-18H2,1-3H3,(H,42,43)(H,44,45)(H2,36,37,39)/p-1/b21-19-,35-28?. The molecule has 0 fully saturated rings. The van der Waals surface area contributed by atoms with Crippen LogP contribution < -0.4 is 15.4 Å². The zero-order valence-electron chi connectivity index (χ0n) is 27.1. The molecule has 0 radical (unpaired) electrons. The van der Waals surface area contributed by atoms with Gasteiger partial charge in [0.05, 0.1) is 23.4 Å². The number of nitrogens with zero attached hydrogens (tertiary/aromatic N) is 5. The van der Waals surface area contributed by atoms with Crippen LogP contribution in [0.3, 0.4) is 0 Å². The van der Waals surface area contributed by atoms with Crippen LogP contribution in [0.2, 0.25) is 0 Å². The summed E-state index contributed by atoms with van der Waals surface area (Å²) in [5, 5.41) is 19.4. The number of ether oxygens (including phenoxy) is 1. The summed E-state index contributed by atoms with van der Waals surface area (Å²) < 4.78 is 43.6. The Morgan fingerprint density at radius 2 is 2.00 bits per heavy atom. The molecule has 1 atom stereocenters. The highest BCUT2D eigenvalue weighted by Crippen LogP contribution is 2.30. The molecule has 49 heavy (non-hydrogen) atoms. The number of hydrogen-bond acceptors (Lipinski definition) is 11. The average Bonchev–Trinajstić information content (AvgIpc) is 3.65. The number of aromatic carboxylic acids is 1. The molecule has 0 aliphatic carbocycles. The molecule has 0 spiro atoms. The second kappa shape index (κ2) is 17.7. The Labute approximate surface area is 294 Å². The third kappa shape index (κ3) is 11.0. The summed E-state index contributed by atoms with van der Waals surface area (Å²) in [6, 6.07) is 12.1. The minimum atomic E-state index is -2.30. The van der Waals surface area contributed by atoms with E-state index in [1.807, 2.05) is 43.3 Å². The molecule has 4 aromatic rings. The smallest absolute Gasteiger partial charge is 0.355 e. The van der Waals surface area contributed by atoms with Gasteiger partial charge in [-0.2, -0.15) is 0 Å². The van der Waals surface area contributed by atoms with Crippen molar-refractivity contribution in [2.45, 2.75) is 26.2 Å². The van der Waals surface area contributed by atoms with Gasteiger partial charge in [-0.1, -0.05) is 46.4 Å². The molecule has 0 bridgehead atoms. The van der Waals surface area contributed by atoms with Gasteiger partial charge in [0.15, 0.2) is 22.4 Å². The SMILES string of the molecule is C/C(=C/C(=N)N(CCCS(=O)[O-])c1nc(C(=O)O)c(CCCOc2ccc(C#CCN(C)C)cc2F)s1)C(N)=Nc1nc2ccccc2s1. The first kappa shape index (κ1) is 37.3. The van der Waals surface area contributed by atoms with Crippen molar-refractivity contribution in [1.29, 1.82) is 5.41 Å². The zero-order valence-corrected chi connectivity index (χ0v) is 29.5. The van der Waals surface area contributed by atoms with E-state index in [-0.39, 0.29) is 60.0 Å². The average molecular weight is 725 g/mol. The first-order chi connectivity index (χ1) is 23.4. The Kier molecular flexibility index (Phi) is 13.5. The minimum absolute atomic E-state index is 0.0603. The van der Waals surface area contributed by atoms with Crippen LogP contribution in [0.5, 0.6) is 5.75 Å². The summed E-state index contributed by atoms with van der Waals surface area (Å²) in [4.78, 5) is 29.1. The molecule has 0 saturated carbocycles.